The topological polar surface area (TPSA) is 123 Å². The summed E-state index contributed by atoms with van der Waals surface area (Å²) in [6.07, 6.45) is 7.47. The monoisotopic (exact) mass is 474 g/mol. The van der Waals surface area contributed by atoms with Crippen molar-refractivity contribution in [2.75, 3.05) is 6.61 Å². The van der Waals surface area contributed by atoms with E-state index in [1.165, 1.54) is 12.8 Å². The van der Waals surface area contributed by atoms with Gasteiger partial charge in [0.25, 0.3) is 0 Å². The molecule has 5 unspecified atom stereocenters. The molecule has 4 rings (SSSR count). The van der Waals surface area contributed by atoms with Crippen molar-refractivity contribution < 1.29 is 14.2 Å². The van der Waals surface area contributed by atoms with Crippen LogP contribution in [0, 0.1) is 62.1 Å². The maximum atomic E-state index is 10.5. The van der Waals surface area contributed by atoms with Crippen LogP contribution in [0.2, 0.25) is 0 Å². The maximum absolute atomic E-state index is 10.5. The standard InChI is InChI=1S/C28H34N4O3/c1-3-5-6-7-15-33-22-11-9-21(10-12-22)24-26(17-29,18-30)27(19-31)23-16-20(8-4-2)13-14-28(23,34-24)35-25(27)32/h9-12,20,23-24,32H,3-8,13-16H2,1-2H3. The summed E-state index contributed by atoms with van der Waals surface area (Å²) in [6, 6.07) is 13.8. The lowest BCUT2D eigenvalue weighted by Crippen LogP contribution is -2.61. The normalized spacial score (nSPS) is 32.4. The van der Waals surface area contributed by atoms with Gasteiger partial charge in [0.05, 0.1) is 30.7 Å². The average Bonchev–Trinajstić information content (AvgIpc) is 3.08. The molecular weight excluding hydrogens is 440 g/mol. The first-order chi connectivity index (χ1) is 17.0. The van der Waals surface area contributed by atoms with Crippen LogP contribution in [0.3, 0.4) is 0 Å². The van der Waals surface area contributed by atoms with E-state index in [4.69, 9.17) is 19.6 Å². The first-order valence-electron chi connectivity index (χ1n) is 12.9. The number of ether oxygens (including phenoxy) is 3. The van der Waals surface area contributed by atoms with Crippen LogP contribution in [0.4, 0.5) is 0 Å². The van der Waals surface area contributed by atoms with Crippen molar-refractivity contribution in [3.63, 3.8) is 0 Å². The smallest absolute Gasteiger partial charge is 0.217 e. The minimum absolute atomic E-state index is 0.306. The van der Waals surface area contributed by atoms with E-state index < -0.39 is 28.6 Å². The molecular formula is C28H34N4O3. The van der Waals surface area contributed by atoms with Crippen molar-refractivity contribution in [1.29, 1.82) is 21.2 Å². The Morgan fingerprint density at radius 2 is 1.77 bits per heavy atom. The van der Waals surface area contributed by atoms with E-state index in [9.17, 15) is 15.8 Å². The van der Waals surface area contributed by atoms with Gasteiger partial charge in [0, 0.05) is 6.42 Å². The summed E-state index contributed by atoms with van der Waals surface area (Å²) in [5.74, 6) is -0.935. The van der Waals surface area contributed by atoms with Crippen molar-refractivity contribution in [2.45, 2.75) is 83.5 Å². The van der Waals surface area contributed by atoms with Gasteiger partial charge in [-0.2, -0.15) is 15.8 Å². The molecule has 2 bridgehead atoms. The van der Waals surface area contributed by atoms with E-state index in [2.05, 4.69) is 32.1 Å². The highest BCUT2D eigenvalue weighted by Crippen LogP contribution is 2.70. The molecule has 0 aromatic heterocycles. The zero-order valence-electron chi connectivity index (χ0n) is 20.7. The Hall–Kier alpha value is -3.08. The van der Waals surface area contributed by atoms with Gasteiger partial charge >= 0.3 is 0 Å². The lowest BCUT2D eigenvalue weighted by atomic mass is 9.50. The van der Waals surface area contributed by atoms with Gasteiger partial charge in [-0.3, -0.25) is 5.41 Å². The fraction of sp³-hybridized carbons (Fsp3) is 0.643. The van der Waals surface area contributed by atoms with Gasteiger partial charge in [0.15, 0.2) is 5.41 Å². The van der Waals surface area contributed by atoms with Crippen LogP contribution < -0.4 is 4.74 Å². The summed E-state index contributed by atoms with van der Waals surface area (Å²) in [7, 11) is 0. The SMILES string of the molecule is CCCCCCOc1ccc(C2OC34CCC(CCC)CC3C(C#N)(C(=N)O4)C2(C#N)C#N)cc1. The molecule has 3 fully saturated rings. The van der Waals surface area contributed by atoms with Crippen LogP contribution in [-0.2, 0) is 9.47 Å². The van der Waals surface area contributed by atoms with E-state index in [1.807, 2.05) is 12.1 Å². The highest BCUT2D eigenvalue weighted by atomic mass is 16.7. The van der Waals surface area contributed by atoms with Gasteiger partial charge in [-0.15, -0.1) is 0 Å². The Labute approximate surface area is 208 Å². The van der Waals surface area contributed by atoms with E-state index in [1.54, 1.807) is 12.1 Å². The van der Waals surface area contributed by atoms with Gasteiger partial charge in [-0.05, 0) is 42.9 Å². The first kappa shape index (κ1) is 25.0. The predicted molar refractivity (Wildman–Crippen MR) is 129 cm³/mol. The lowest BCUT2D eigenvalue weighted by Gasteiger charge is -2.52. The average molecular weight is 475 g/mol. The third-order valence-electron chi connectivity index (χ3n) is 8.16. The third kappa shape index (κ3) is 3.76. The Kier molecular flexibility index (Phi) is 7.07. The highest BCUT2D eigenvalue weighted by Gasteiger charge is 2.80. The van der Waals surface area contributed by atoms with Crippen LogP contribution in [0.15, 0.2) is 24.3 Å². The van der Waals surface area contributed by atoms with E-state index in [-0.39, 0.29) is 5.90 Å². The summed E-state index contributed by atoms with van der Waals surface area (Å²) in [5.41, 5.74) is -2.97. The Morgan fingerprint density at radius 1 is 1.03 bits per heavy atom. The molecule has 1 saturated carbocycles. The van der Waals surface area contributed by atoms with Crippen LogP contribution in [0.25, 0.3) is 0 Å². The molecule has 0 amide bonds. The second kappa shape index (κ2) is 9.88. The fourth-order valence-electron chi connectivity index (χ4n) is 6.35. The first-order valence-corrected chi connectivity index (χ1v) is 12.9. The van der Waals surface area contributed by atoms with E-state index in [0.717, 1.165) is 32.1 Å². The second-order valence-electron chi connectivity index (χ2n) is 10.2. The minimum Gasteiger partial charge on any atom is -0.494 e. The molecule has 7 nitrogen and oxygen atoms in total. The third-order valence-corrected chi connectivity index (χ3v) is 8.16. The number of unbranched alkanes of at least 4 members (excludes halogenated alkanes) is 3. The number of benzene rings is 1. The van der Waals surface area contributed by atoms with Gasteiger partial charge in [-0.1, -0.05) is 58.1 Å². The zero-order chi connectivity index (χ0) is 25.1. The molecule has 2 aliphatic heterocycles. The van der Waals surface area contributed by atoms with Crippen molar-refractivity contribution in [3.8, 4) is 24.0 Å². The quantitative estimate of drug-likeness (QED) is 0.426. The molecule has 7 heteroatoms. The molecule has 1 aliphatic carbocycles. The number of nitriles is 3. The maximum Gasteiger partial charge on any atom is 0.217 e. The molecule has 1 aromatic rings. The summed E-state index contributed by atoms with van der Waals surface area (Å²) >= 11 is 0. The number of hydrogen-bond donors (Lipinski definition) is 1. The van der Waals surface area contributed by atoms with Crippen molar-refractivity contribution in [3.05, 3.63) is 29.8 Å². The van der Waals surface area contributed by atoms with Crippen molar-refractivity contribution in [1.82, 2.24) is 0 Å². The zero-order valence-corrected chi connectivity index (χ0v) is 20.7. The van der Waals surface area contributed by atoms with Gasteiger partial charge in [-0.25, -0.2) is 0 Å². The molecule has 0 spiro atoms. The minimum atomic E-state index is -1.90. The molecule has 1 aromatic carbocycles. The van der Waals surface area contributed by atoms with Crippen LogP contribution in [-0.4, -0.2) is 18.3 Å². The predicted octanol–water partition coefficient (Wildman–Crippen LogP) is 6.18. The number of hydrogen-bond acceptors (Lipinski definition) is 7. The van der Waals surface area contributed by atoms with E-state index in [0.29, 0.717) is 36.7 Å². The van der Waals surface area contributed by atoms with Gasteiger partial charge in [0.1, 0.15) is 11.9 Å². The highest BCUT2D eigenvalue weighted by molar-refractivity contribution is 5.89. The Morgan fingerprint density at radius 3 is 2.40 bits per heavy atom. The van der Waals surface area contributed by atoms with Crippen molar-refractivity contribution >= 4 is 5.90 Å². The lowest BCUT2D eigenvalue weighted by molar-refractivity contribution is -0.299. The van der Waals surface area contributed by atoms with Gasteiger partial charge < -0.3 is 14.2 Å². The summed E-state index contributed by atoms with van der Waals surface area (Å²) in [5, 5.41) is 40.1. The largest absolute Gasteiger partial charge is 0.494 e. The Bertz CT molecular complexity index is 1050. The number of rotatable bonds is 9. The molecule has 2 saturated heterocycles. The van der Waals surface area contributed by atoms with Crippen molar-refractivity contribution in [2.24, 2.45) is 22.7 Å². The van der Waals surface area contributed by atoms with Crippen LogP contribution in [0.1, 0.15) is 83.3 Å². The molecule has 3 aliphatic rings. The molecule has 2 heterocycles. The number of nitrogens with zero attached hydrogens (tertiary/aromatic N) is 3. The van der Waals surface area contributed by atoms with Crippen LogP contribution >= 0.6 is 0 Å². The molecule has 5 atom stereocenters. The molecule has 184 valence electrons. The van der Waals surface area contributed by atoms with E-state index >= 15 is 0 Å². The molecule has 35 heavy (non-hydrogen) atoms. The Balaban J connectivity index is 1.68. The molecule has 0 radical (unpaired) electrons. The summed E-state index contributed by atoms with van der Waals surface area (Å²) in [4.78, 5) is 0. The summed E-state index contributed by atoms with van der Waals surface area (Å²) < 4.78 is 18.4. The second-order valence-corrected chi connectivity index (χ2v) is 10.2. The fourth-order valence-corrected chi connectivity index (χ4v) is 6.35. The number of nitrogens with one attached hydrogen (secondary N) is 1. The summed E-state index contributed by atoms with van der Waals surface area (Å²) in [6.45, 7) is 4.92. The molecule has 1 N–H and O–H groups in total. The van der Waals surface area contributed by atoms with Crippen LogP contribution in [0.5, 0.6) is 5.75 Å². The van der Waals surface area contributed by atoms with Gasteiger partial charge in [0.2, 0.25) is 17.1 Å².